The number of ether oxygens (including phenoxy) is 1. The Hall–Kier alpha value is -0.870. The molecule has 1 aliphatic carbocycles. The minimum atomic E-state index is -0.470. The third-order valence-electron chi connectivity index (χ3n) is 4.76. The number of fused-ring (bicyclic) bond motifs is 1. The van der Waals surface area contributed by atoms with Crippen LogP contribution in [-0.4, -0.2) is 46.3 Å². The van der Waals surface area contributed by atoms with Gasteiger partial charge < -0.3 is 9.84 Å². The van der Waals surface area contributed by atoms with Crippen LogP contribution in [0.5, 0.6) is 0 Å². The van der Waals surface area contributed by atoms with Crippen molar-refractivity contribution in [3.8, 4) is 0 Å². The van der Waals surface area contributed by atoms with Gasteiger partial charge in [-0.1, -0.05) is 0 Å². The first-order valence-corrected chi connectivity index (χ1v) is 6.08. The lowest BCUT2D eigenvalue weighted by molar-refractivity contribution is -0.176. The van der Waals surface area contributed by atoms with E-state index in [2.05, 4.69) is 4.90 Å². The number of carbonyl (C=O) groups excluding carboxylic acids is 1. The van der Waals surface area contributed by atoms with E-state index in [0.717, 1.165) is 31.4 Å². The van der Waals surface area contributed by atoms with E-state index in [4.69, 9.17) is 4.74 Å². The van der Waals surface area contributed by atoms with Crippen molar-refractivity contribution in [2.75, 3.05) is 6.54 Å². The molecular formula is C12H15NO3. The van der Waals surface area contributed by atoms with Crippen LogP contribution in [0.15, 0.2) is 11.6 Å². The highest BCUT2D eigenvalue weighted by Crippen LogP contribution is 2.53. The van der Waals surface area contributed by atoms with Crippen molar-refractivity contribution in [3.63, 3.8) is 0 Å². The van der Waals surface area contributed by atoms with E-state index in [0.29, 0.717) is 12.5 Å². The topological polar surface area (TPSA) is 49.8 Å². The van der Waals surface area contributed by atoms with Gasteiger partial charge in [-0.05, 0) is 31.4 Å². The molecule has 0 aromatic heterocycles. The zero-order chi connectivity index (χ0) is 10.9. The summed E-state index contributed by atoms with van der Waals surface area (Å²) in [5.41, 5.74) is 0.665. The number of hydrogen-bond acceptors (Lipinski definition) is 4. The number of aliphatic hydroxyl groups excluding tert-OH is 1. The molecule has 0 aromatic rings. The lowest BCUT2D eigenvalue weighted by atomic mass is 9.67. The van der Waals surface area contributed by atoms with Gasteiger partial charge in [0.05, 0.1) is 12.1 Å². The second kappa shape index (κ2) is 2.68. The molecule has 1 saturated carbocycles. The summed E-state index contributed by atoms with van der Waals surface area (Å²) in [6.45, 7) is 1.04. The molecule has 4 aliphatic heterocycles. The van der Waals surface area contributed by atoms with Crippen molar-refractivity contribution in [3.05, 3.63) is 11.6 Å². The largest absolute Gasteiger partial charge is 0.450 e. The molecule has 16 heavy (non-hydrogen) atoms. The highest BCUT2D eigenvalue weighted by atomic mass is 16.6. The summed E-state index contributed by atoms with van der Waals surface area (Å²) >= 11 is 0. The minimum absolute atomic E-state index is 0.211. The Bertz CT molecular complexity index is 405. The fourth-order valence-electron chi connectivity index (χ4n) is 4.19. The first kappa shape index (κ1) is 9.19. The molecule has 4 atom stereocenters. The molecule has 1 N–H and O–H groups in total. The lowest BCUT2D eigenvalue weighted by Crippen LogP contribution is -2.68. The van der Waals surface area contributed by atoms with Crippen LogP contribution in [0.1, 0.15) is 25.7 Å². The van der Waals surface area contributed by atoms with Crippen LogP contribution in [0.3, 0.4) is 0 Å². The Kier molecular flexibility index (Phi) is 1.54. The number of aliphatic hydroxyl groups is 1. The Morgan fingerprint density at radius 2 is 2.44 bits per heavy atom. The van der Waals surface area contributed by atoms with Gasteiger partial charge in [-0.15, -0.1) is 0 Å². The summed E-state index contributed by atoms with van der Waals surface area (Å²) < 4.78 is 5.59. The molecule has 5 rings (SSSR count). The smallest absolute Gasteiger partial charge is 0.331 e. The molecule has 4 heteroatoms. The van der Waals surface area contributed by atoms with E-state index in [1.54, 1.807) is 6.08 Å². The molecule has 3 saturated heterocycles. The van der Waals surface area contributed by atoms with Crippen LogP contribution in [0.25, 0.3) is 0 Å². The van der Waals surface area contributed by atoms with Crippen LogP contribution < -0.4 is 0 Å². The highest BCUT2D eigenvalue weighted by molar-refractivity contribution is 5.87. The van der Waals surface area contributed by atoms with Gasteiger partial charge >= 0.3 is 5.97 Å². The van der Waals surface area contributed by atoms with Crippen molar-refractivity contribution in [1.82, 2.24) is 4.90 Å². The number of hydrogen-bond donors (Lipinski definition) is 1. The Morgan fingerprint density at radius 1 is 1.56 bits per heavy atom. The summed E-state index contributed by atoms with van der Waals surface area (Å²) in [5.74, 6) is -0.211. The van der Waals surface area contributed by atoms with Gasteiger partial charge in [0, 0.05) is 18.5 Å². The van der Waals surface area contributed by atoms with Gasteiger partial charge in [-0.2, -0.15) is 0 Å². The van der Waals surface area contributed by atoms with Crippen LogP contribution in [0.4, 0.5) is 0 Å². The summed E-state index contributed by atoms with van der Waals surface area (Å²) in [4.78, 5) is 13.9. The summed E-state index contributed by atoms with van der Waals surface area (Å²) in [6, 6.07) is 0.544. The average Bonchev–Trinajstić information content (AvgIpc) is 2.79. The van der Waals surface area contributed by atoms with Gasteiger partial charge in [-0.25, -0.2) is 4.79 Å². The van der Waals surface area contributed by atoms with Crippen molar-refractivity contribution >= 4 is 5.97 Å². The fourth-order valence-corrected chi connectivity index (χ4v) is 4.19. The van der Waals surface area contributed by atoms with Crippen molar-refractivity contribution in [1.29, 1.82) is 0 Å². The molecule has 0 radical (unpaired) electrons. The molecule has 0 unspecified atom stereocenters. The van der Waals surface area contributed by atoms with Gasteiger partial charge in [0.1, 0.15) is 0 Å². The van der Waals surface area contributed by atoms with E-state index in [-0.39, 0.29) is 18.1 Å². The van der Waals surface area contributed by atoms with E-state index in [1.165, 1.54) is 0 Å². The predicted molar refractivity (Wildman–Crippen MR) is 55.7 cm³/mol. The third kappa shape index (κ3) is 0.870. The van der Waals surface area contributed by atoms with Gasteiger partial charge in [0.2, 0.25) is 0 Å². The molecule has 2 bridgehead atoms. The first-order chi connectivity index (χ1) is 7.71. The lowest BCUT2D eigenvalue weighted by Gasteiger charge is -2.56. The Balaban J connectivity index is 1.86. The standard InChI is InChI=1S/C12H15NO3/c14-9-6-12-7(5-11(15)16-12)4-8(9)13-3-1-2-10(12)13/h5,8-10,14H,1-4,6H2/t8-,9-,10+,12+/m1/s1. The molecule has 5 aliphatic rings. The quantitative estimate of drug-likeness (QED) is 0.594. The molecule has 4 heterocycles. The Labute approximate surface area is 93.9 Å². The maximum absolute atomic E-state index is 11.5. The molecule has 4 nitrogen and oxygen atoms in total. The zero-order valence-corrected chi connectivity index (χ0v) is 9.06. The van der Waals surface area contributed by atoms with E-state index in [9.17, 15) is 9.90 Å². The number of carbonyl (C=O) groups is 1. The monoisotopic (exact) mass is 221 g/mol. The number of rotatable bonds is 0. The molecule has 0 amide bonds. The van der Waals surface area contributed by atoms with Crippen LogP contribution >= 0.6 is 0 Å². The van der Waals surface area contributed by atoms with Crippen LogP contribution in [0.2, 0.25) is 0 Å². The number of piperidine rings is 2. The maximum atomic E-state index is 11.5. The average molecular weight is 221 g/mol. The molecule has 0 aromatic carbocycles. The van der Waals surface area contributed by atoms with Gasteiger partial charge in [0.25, 0.3) is 0 Å². The maximum Gasteiger partial charge on any atom is 0.331 e. The predicted octanol–water partition coefficient (Wildman–Crippen LogP) is 0.210. The molecule has 86 valence electrons. The van der Waals surface area contributed by atoms with Crippen molar-refractivity contribution in [2.24, 2.45) is 0 Å². The normalized spacial score (nSPS) is 49.9. The van der Waals surface area contributed by atoms with E-state index in [1.807, 2.05) is 0 Å². The second-order valence-corrected chi connectivity index (χ2v) is 5.42. The highest BCUT2D eigenvalue weighted by Gasteiger charge is 2.63. The van der Waals surface area contributed by atoms with Gasteiger partial charge in [-0.3, -0.25) is 4.90 Å². The summed E-state index contributed by atoms with van der Waals surface area (Å²) in [6.07, 6.45) is 4.99. The molecule has 4 fully saturated rings. The molecule has 1 spiro atoms. The fraction of sp³-hybridized carbons (Fsp3) is 0.750. The summed E-state index contributed by atoms with van der Waals surface area (Å²) in [5, 5.41) is 10.1. The summed E-state index contributed by atoms with van der Waals surface area (Å²) in [7, 11) is 0. The number of esters is 1. The van der Waals surface area contributed by atoms with Gasteiger partial charge in [0.15, 0.2) is 5.60 Å². The van der Waals surface area contributed by atoms with E-state index >= 15 is 0 Å². The molecular weight excluding hydrogens is 206 g/mol. The third-order valence-corrected chi connectivity index (χ3v) is 4.76. The van der Waals surface area contributed by atoms with Crippen molar-refractivity contribution in [2.45, 2.75) is 49.5 Å². The Morgan fingerprint density at radius 3 is 3.31 bits per heavy atom. The second-order valence-electron chi connectivity index (χ2n) is 5.42. The SMILES string of the molecule is O=C1C=C2C[C@@H]3[C@H](O)C[C@@]2(O1)[C@@H]1CCCN31. The van der Waals surface area contributed by atoms with Crippen molar-refractivity contribution < 1.29 is 14.6 Å². The van der Waals surface area contributed by atoms with Crippen LogP contribution in [-0.2, 0) is 9.53 Å². The van der Waals surface area contributed by atoms with E-state index < -0.39 is 5.60 Å². The first-order valence-electron chi connectivity index (χ1n) is 6.08. The number of nitrogens with zero attached hydrogens (tertiary/aromatic N) is 1. The minimum Gasteiger partial charge on any atom is -0.450 e. The van der Waals surface area contributed by atoms with Crippen LogP contribution in [0, 0.1) is 0 Å². The zero-order valence-electron chi connectivity index (χ0n) is 9.06.